The maximum Gasteiger partial charge on any atom is 0.138 e. The van der Waals surface area contributed by atoms with Crippen LogP contribution in [0.3, 0.4) is 0 Å². The first kappa shape index (κ1) is 15.4. The van der Waals surface area contributed by atoms with E-state index < -0.39 is 0 Å². The molecule has 112 valence electrons. The number of nitrogens with zero attached hydrogens (tertiary/aromatic N) is 3. The van der Waals surface area contributed by atoms with Crippen molar-refractivity contribution in [1.82, 2.24) is 9.97 Å². The van der Waals surface area contributed by atoms with Crippen LogP contribution in [0, 0.1) is 0 Å². The van der Waals surface area contributed by atoms with E-state index in [2.05, 4.69) is 67.6 Å². The van der Waals surface area contributed by atoms with Crippen molar-refractivity contribution in [3.63, 3.8) is 0 Å². The fourth-order valence-corrected chi connectivity index (χ4v) is 3.75. The first-order valence-corrected chi connectivity index (χ1v) is 8.21. The third-order valence-corrected chi connectivity index (χ3v) is 4.61. The van der Waals surface area contributed by atoms with Crippen molar-refractivity contribution in [2.45, 2.75) is 50.5 Å². The third-order valence-electron chi connectivity index (χ3n) is 3.38. The number of aromatic nitrogens is 2. The van der Waals surface area contributed by atoms with E-state index in [0.29, 0.717) is 10.5 Å². The average molecular weight is 294 g/mol. The van der Waals surface area contributed by atoms with Gasteiger partial charge >= 0.3 is 0 Å². The Labute approximate surface area is 126 Å². The Bertz CT molecular complexity index is 459. The second kappa shape index (κ2) is 5.80. The van der Waals surface area contributed by atoms with E-state index >= 15 is 0 Å². The van der Waals surface area contributed by atoms with Crippen molar-refractivity contribution in [2.24, 2.45) is 0 Å². The molecule has 20 heavy (non-hydrogen) atoms. The molecule has 1 saturated heterocycles. The zero-order valence-corrected chi connectivity index (χ0v) is 14.2. The highest BCUT2D eigenvalue weighted by molar-refractivity contribution is 8.00. The lowest BCUT2D eigenvalue weighted by Gasteiger charge is -2.36. The van der Waals surface area contributed by atoms with Crippen LogP contribution in [0.25, 0.3) is 0 Å². The number of anilines is 2. The van der Waals surface area contributed by atoms with Crippen LogP contribution in [0.1, 0.15) is 40.4 Å². The standard InChI is InChI=1S/C15H26N4S/c1-10-8-19(9-11(2)20-10)13-7-12(16-6)17-14(18-13)15(3,4)5/h7,10-11H,8-9H2,1-6H3,(H,16,17,18). The molecule has 5 heteroatoms. The lowest BCUT2D eigenvalue weighted by atomic mass is 9.96. The zero-order chi connectivity index (χ0) is 14.9. The Morgan fingerprint density at radius 1 is 1.20 bits per heavy atom. The minimum absolute atomic E-state index is 0.0383. The molecular formula is C15H26N4S. The molecule has 2 rings (SSSR count). The Kier molecular flexibility index (Phi) is 4.47. The summed E-state index contributed by atoms with van der Waals surface area (Å²) in [6.45, 7) is 13.2. The van der Waals surface area contributed by atoms with Crippen LogP contribution >= 0.6 is 11.8 Å². The van der Waals surface area contributed by atoms with Gasteiger partial charge in [0.1, 0.15) is 17.5 Å². The average Bonchev–Trinajstić information content (AvgIpc) is 2.36. The molecule has 4 nitrogen and oxygen atoms in total. The summed E-state index contributed by atoms with van der Waals surface area (Å²) in [6.07, 6.45) is 0. The van der Waals surface area contributed by atoms with Crippen LogP contribution < -0.4 is 10.2 Å². The molecule has 0 spiro atoms. The predicted octanol–water partition coefficient (Wildman–Crippen LogP) is 3.15. The SMILES string of the molecule is CNc1cc(N2CC(C)SC(C)C2)nc(C(C)(C)C)n1. The van der Waals surface area contributed by atoms with Gasteiger partial charge in [0.05, 0.1) is 0 Å². The van der Waals surface area contributed by atoms with Crippen LogP contribution in [0.2, 0.25) is 0 Å². The normalized spacial score (nSPS) is 23.8. The largest absolute Gasteiger partial charge is 0.373 e. The number of rotatable bonds is 2. The van der Waals surface area contributed by atoms with E-state index in [9.17, 15) is 0 Å². The predicted molar refractivity (Wildman–Crippen MR) is 89.0 cm³/mol. The molecule has 1 N–H and O–H groups in total. The second-order valence-corrected chi connectivity index (χ2v) is 8.48. The van der Waals surface area contributed by atoms with E-state index in [1.54, 1.807) is 0 Å². The minimum Gasteiger partial charge on any atom is -0.373 e. The van der Waals surface area contributed by atoms with Gasteiger partial charge in [-0.2, -0.15) is 11.8 Å². The highest BCUT2D eigenvalue weighted by atomic mass is 32.2. The van der Waals surface area contributed by atoms with Crippen LogP contribution in [-0.4, -0.2) is 40.6 Å². The number of nitrogens with one attached hydrogen (secondary N) is 1. The van der Waals surface area contributed by atoms with Crippen LogP contribution in [0.5, 0.6) is 0 Å². The maximum absolute atomic E-state index is 4.81. The van der Waals surface area contributed by atoms with Gasteiger partial charge in [-0.05, 0) is 0 Å². The van der Waals surface area contributed by atoms with Gasteiger partial charge in [-0.1, -0.05) is 34.6 Å². The van der Waals surface area contributed by atoms with Crippen LogP contribution in [0.4, 0.5) is 11.6 Å². The smallest absolute Gasteiger partial charge is 0.138 e. The van der Waals surface area contributed by atoms with E-state index in [-0.39, 0.29) is 5.41 Å². The van der Waals surface area contributed by atoms with Gasteiger partial charge in [0.25, 0.3) is 0 Å². The van der Waals surface area contributed by atoms with Crippen LogP contribution in [0.15, 0.2) is 6.07 Å². The second-order valence-electron chi connectivity index (χ2n) is 6.60. The summed E-state index contributed by atoms with van der Waals surface area (Å²) in [5, 5.41) is 4.45. The monoisotopic (exact) mass is 294 g/mol. The van der Waals surface area contributed by atoms with Gasteiger partial charge in [-0.25, -0.2) is 9.97 Å². The lowest BCUT2D eigenvalue weighted by molar-refractivity contribution is 0.544. The van der Waals surface area contributed by atoms with Crippen LogP contribution in [-0.2, 0) is 5.41 Å². The first-order valence-electron chi connectivity index (χ1n) is 7.27. The van der Waals surface area contributed by atoms with Gasteiger partial charge in [-0.15, -0.1) is 0 Å². The first-order chi connectivity index (χ1) is 9.29. The fraction of sp³-hybridized carbons (Fsp3) is 0.733. The van der Waals surface area contributed by atoms with Gasteiger partial charge in [0, 0.05) is 42.1 Å². The summed E-state index contributed by atoms with van der Waals surface area (Å²) >= 11 is 2.06. The molecule has 2 atom stereocenters. The molecule has 2 unspecified atom stereocenters. The molecule has 1 aromatic heterocycles. The molecule has 2 heterocycles. The van der Waals surface area contributed by atoms with Crippen molar-refractivity contribution in [2.75, 3.05) is 30.4 Å². The highest BCUT2D eigenvalue weighted by Crippen LogP contribution is 2.30. The van der Waals surface area contributed by atoms with E-state index in [0.717, 1.165) is 30.5 Å². The molecule has 0 saturated carbocycles. The van der Waals surface area contributed by atoms with E-state index in [1.165, 1.54) is 0 Å². The van der Waals surface area contributed by atoms with Crippen molar-refractivity contribution < 1.29 is 0 Å². The summed E-state index contributed by atoms with van der Waals surface area (Å²) in [6, 6.07) is 2.06. The Morgan fingerprint density at radius 2 is 1.80 bits per heavy atom. The molecule has 0 bridgehead atoms. The topological polar surface area (TPSA) is 41.0 Å². The summed E-state index contributed by atoms with van der Waals surface area (Å²) in [7, 11) is 1.91. The quantitative estimate of drug-likeness (QED) is 0.907. The molecule has 1 aliphatic heterocycles. The van der Waals surface area contributed by atoms with Gasteiger partial charge < -0.3 is 10.2 Å². The fourth-order valence-electron chi connectivity index (χ4n) is 2.42. The van der Waals surface area contributed by atoms with E-state index in [1.807, 2.05) is 7.05 Å². The molecule has 0 aliphatic carbocycles. The Morgan fingerprint density at radius 3 is 2.30 bits per heavy atom. The molecule has 0 aromatic carbocycles. The van der Waals surface area contributed by atoms with Crippen molar-refractivity contribution in [1.29, 1.82) is 0 Å². The minimum atomic E-state index is -0.0383. The zero-order valence-electron chi connectivity index (χ0n) is 13.4. The lowest BCUT2D eigenvalue weighted by Crippen LogP contribution is -2.41. The molecule has 1 aromatic rings. The Balaban J connectivity index is 2.35. The molecule has 1 fully saturated rings. The summed E-state index contributed by atoms with van der Waals surface area (Å²) in [5.41, 5.74) is -0.0383. The summed E-state index contributed by atoms with van der Waals surface area (Å²) < 4.78 is 0. The highest BCUT2D eigenvalue weighted by Gasteiger charge is 2.26. The summed E-state index contributed by atoms with van der Waals surface area (Å²) in [5.74, 6) is 2.85. The van der Waals surface area contributed by atoms with Gasteiger partial charge in [0.15, 0.2) is 0 Å². The van der Waals surface area contributed by atoms with Crippen molar-refractivity contribution >= 4 is 23.4 Å². The molecule has 1 aliphatic rings. The Hall–Kier alpha value is -0.970. The maximum atomic E-state index is 4.81. The van der Waals surface area contributed by atoms with Gasteiger partial charge in [0.2, 0.25) is 0 Å². The van der Waals surface area contributed by atoms with E-state index in [4.69, 9.17) is 4.98 Å². The van der Waals surface area contributed by atoms with Crippen molar-refractivity contribution in [3.8, 4) is 0 Å². The third kappa shape index (κ3) is 3.57. The van der Waals surface area contributed by atoms with Gasteiger partial charge in [-0.3, -0.25) is 0 Å². The number of thioether (sulfide) groups is 1. The van der Waals surface area contributed by atoms with Crippen molar-refractivity contribution in [3.05, 3.63) is 11.9 Å². The summed E-state index contributed by atoms with van der Waals surface area (Å²) in [4.78, 5) is 11.8. The molecule has 0 amide bonds. The number of hydrogen-bond donors (Lipinski definition) is 1. The number of hydrogen-bond acceptors (Lipinski definition) is 5. The molecule has 0 radical (unpaired) electrons. The molecular weight excluding hydrogens is 268 g/mol.